The molecule has 2 aromatic carbocycles. The molecule has 0 radical (unpaired) electrons. The number of halogens is 2. The number of hydrogen-bond acceptors (Lipinski definition) is 7. The highest BCUT2D eigenvalue weighted by atomic mass is 35.5. The molecule has 2 atom stereocenters. The van der Waals surface area contributed by atoms with E-state index in [1.54, 1.807) is 43.4 Å². The third-order valence-corrected chi connectivity index (χ3v) is 7.91. The Bertz CT molecular complexity index is 1620. The Morgan fingerprint density at radius 1 is 1.14 bits per heavy atom. The molecule has 0 spiro atoms. The summed E-state index contributed by atoms with van der Waals surface area (Å²) in [6.07, 6.45) is -0.325. The van der Waals surface area contributed by atoms with Gasteiger partial charge in [-0.25, -0.2) is 14.0 Å². The van der Waals surface area contributed by atoms with E-state index in [-0.39, 0.29) is 47.5 Å². The molecule has 13 heteroatoms. The van der Waals surface area contributed by atoms with Gasteiger partial charge >= 0.3 is 12.2 Å². The molecule has 3 aromatic rings. The van der Waals surface area contributed by atoms with Gasteiger partial charge in [0.2, 0.25) is 11.8 Å². The minimum absolute atomic E-state index is 0.0942. The van der Waals surface area contributed by atoms with Gasteiger partial charge in [-0.15, -0.1) is 0 Å². The number of nitrogens with one attached hydrogen (secondary N) is 3. The van der Waals surface area contributed by atoms with Crippen LogP contribution in [0.1, 0.15) is 55.4 Å². The Balaban J connectivity index is 1.39. The lowest BCUT2D eigenvalue weighted by Crippen LogP contribution is -2.35. The summed E-state index contributed by atoms with van der Waals surface area (Å²) in [5.74, 6) is -1.70. The number of fused-ring (bicyclic) bond motifs is 5. The van der Waals surface area contributed by atoms with E-state index in [1.165, 1.54) is 24.1 Å². The maximum Gasteiger partial charge on any atom is 0.412 e. The minimum atomic E-state index is -0.931. The highest BCUT2D eigenvalue weighted by molar-refractivity contribution is 6.31. The number of carbonyl (C=O) groups is 4. The Hall–Kier alpha value is -4.71. The van der Waals surface area contributed by atoms with Crippen LogP contribution in [0.4, 0.5) is 31.0 Å². The number of likely N-dealkylation sites (N-methyl/N-ethyl adjacent to an activating group) is 1. The van der Waals surface area contributed by atoms with Crippen LogP contribution in [0.3, 0.4) is 0 Å². The van der Waals surface area contributed by atoms with Crippen LogP contribution in [-0.2, 0) is 19.1 Å². The van der Waals surface area contributed by atoms with Crippen LogP contribution >= 0.6 is 11.6 Å². The lowest BCUT2D eigenvalue weighted by molar-refractivity contribution is -0.132. The van der Waals surface area contributed by atoms with E-state index in [0.717, 1.165) is 0 Å². The lowest BCUT2D eigenvalue weighted by atomic mass is 9.94. The van der Waals surface area contributed by atoms with E-state index in [4.69, 9.17) is 21.3 Å². The molecule has 44 heavy (non-hydrogen) atoms. The average molecular weight is 624 g/mol. The summed E-state index contributed by atoms with van der Waals surface area (Å²) in [6, 6.07) is 13.3. The normalized spacial score (nSPS) is 17.7. The summed E-state index contributed by atoms with van der Waals surface area (Å²) in [7, 11) is 2.89. The zero-order valence-corrected chi connectivity index (χ0v) is 24.9. The van der Waals surface area contributed by atoms with Gasteiger partial charge in [0.1, 0.15) is 6.10 Å². The second-order valence-electron chi connectivity index (χ2n) is 10.6. The van der Waals surface area contributed by atoms with Crippen molar-refractivity contribution in [3.05, 3.63) is 70.6 Å². The van der Waals surface area contributed by atoms with Gasteiger partial charge < -0.3 is 19.7 Å². The van der Waals surface area contributed by atoms with Gasteiger partial charge in [0, 0.05) is 37.7 Å². The summed E-state index contributed by atoms with van der Waals surface area (Å²) >= 11 is 5.98. The van der Waals surface area contributed by atoms with Crippen molar-refractivity contribution < 1.29 is 33.0 Å². The topological polar surface area (TPSA) is 139 Å². The smallest absolute Gasteiger partial charge is 0.412 e. The number of amides is 4. The zero-order valence-electron chi connectivity index (χ0n) is 24.1. The lowest BCUT2D eigenvalue weighted by Gasteiger charge is -2.29. The number of benzene rings is 2. The van der Waals surface area contributed by atoms with Gasteiger partial charge in [-0.05, 0) is 55.3 Å². The number of pyridine rings is 1. The van der Waals surface area contributed by atoms with Crippen molar-refractivity contribution in [2.24, 2.45) is 0 Å². The number of aromatic nitrogens is 1. The first kappa shape index (κ1) is 30.7. The maximum atomic E-state index is 14.9. The monoisotopic (exact) mass is 623 g/mol. The second kappa shape index (κ2) is 13.3. The quantitative estimate of drug-likeness (QED) is 0.296. The maximum absolute atomic E-state index is 14.9. The summed E-state index contributed by atoms with van der Waals surface area (Å²) < 4.78 is 24.9. The molecule has 2 aliphatic rings. The van der Waals surface area contributed by atoms with Gasteiger partial charge in [-0.3, -0.25) is 25.2 Å². The molecule has 11 nitrogen and oxygen atoms in total. The van der Waals surface area contributed by atoms with Gasteiger partial charge in [0.25, 0.3) is 0 Å². The van der Waals surface area contributed by atoms with Crippen LogP contribution in [0.25, 0.3) is 11.3 Å². The third kappa shape index (κ3) is 6.75. The predicted octanol–water partition coefficient (Wildman–Crippen LogP) is 6.47. The van der Waals surface area contributed by atoms with E-state index < -0.39 is 30.0 Å². The Labute approximate surface area is 258 Å². The fourth-order valence-electron chi connectivity index (χ4n) is 5.37. The minimum Gasteiger partial charge on any atom is -0.453 e. The summed E-state index contributed by atoms with van der Waals surface area (Å²) in [5.41, 5.74) is 3.01. The Morgan fingerprint density at radius 3 is 2.75 bits per heavy atom. The molecule has 1 aromatic heterocycles. The van der Waals surface area contributed by atoms with Gasteiger partial charge in [-0.1, -0.05) is 24.1 Å². The molecule has 0 saturated carbocycles. The number of anilines is 3. The van der Waals surface area contributed by atoms with Crippen molar-refractivity contribution in [1.29, 1.82) is 0 Å². The molecule has 5 rings (SSSR count). The molecule has 4 amide bonds. The van der Waals surface area contributed by atoms with Crippen molar-refractivity contribution >= 4 is 52.7 Å². The molecule has 0 aliphatic carbocycles. The summed E-state index contributed by atoms with van der Waals surface area (Å²) in [5, 5.41) is 7.89. The van der Waals surface area contributed by atoms with E-state index in [9.17, 15) is 23.6 Å². The fourth-order valence-corrected chi connectivity index (χ4v) is 5.53. The van der Waals surface area contributed by atoms with Crippen LogP contribution in [-0.4, -0.2) is 54.6 Å². The standard InChI is InChI=1S/C31H31ClFN5O6/c1-38(15-14-25-27-23(37-31(42)44-25)13-12-20(32)28(27)33)29(40)19-6-3-4-9-26(39)36-24-16-17(34-30(41)43-2)10-11-18(24)21-7-5-8-22(19)35-21/h5,7-8,10-13,16,19,25H,3-4,6,9,14-15H2,1-2H3,(H,34,41)(H,36,39)(H,37,42). The van der Waals surface area contributed by atoms with Crippen molar-refractivity contribution in [2.75, 3.05) is 36.7 Å². The first-order valence-corrected chi connectivity index (χ1v) is 14.5. The van der Waals surface area contributed by atoms with E-state index >= 15 is 0 Å². The van der Waals surface area contributed by atoms with Crippen LogP contribution < -0.4 is 16.0 Å². The molecule has 230 valence electrons. The zero-order chi connectivity index (χ0) is 31.4. The van der Waals surface area contributed by atoms with Crippen LogP contribution in [0.2, 0.25) is 5.02 Å². The number of nitrogens with zero attached hydrogens (tertiary/aromatic N) is 2. The summed E-state index contributed by atoms with van der Waals surface area (Å²) in [4.78, 5) is 56.8. The average Bonchev–Trinajstić information content (AvgIpc) is 3.00. The third-order valence-electron chi connectivity index (χ3n) is 7.62. The highest BCUT2D eigenvalue weighted by Gasteiger charge is 2.32. The van der Waals surface area contributed by atoms with Gasteiger partial charge in [0.15, 0.2) is 5.82 Å². The highest BCUT2D eigenvalue weighted by Crippen LogP contribution is 2.38. The SMILES string of the molecule is COC(=O)Nc1ccc2c(c1)NC(=O)CCCCC(C(=O)N(C)CCC1OC(=O)Nc3ccc(Cl)c(F)c31)c1cccc-2n1. The second-order valence-corrected chi connectivity index (χ2v) is 11.0. The molecular formula is C31H31ClFN5O6. The first-order valence-electron chi connectivity index (χ1n) is 14.1. The van der Waals surface area contributed by atoms with E-state index in [0.29, 0.717) is 47.6 Å². The number of carbonyl (C=O) groups excluding carboxylic acids is 4. The van der Waals surface area contributed by atoms with E-state index in [1.807, 2.05) is 0 Å². The molecule has 0 saturated heterocycles. The number of rotatable bonds is 5. The number of methoxy groups -OCH3 is 1. The van der Waals surface area contributed by atoms with Crippen molar-refractivity contribution in [1.82, 2.24) is 9.88 Å². The molecule has 0 fully saturated rings. The molecule has 3 N–H and O–H groups in total. The summed E-state index contributed by atoms with van der Waals surface area (Å²) in [6.45, 7) is 0.166. The molecule has 2 unspecified atom stereocenters. The largest absolute Gasteiger partial charge is 0.453 e. The predicted molar refractivity (Wildman–Crippen MR) is 162 cm³/mol. The van der Waals surface area contributed by atoms with Crippen LogP contribution in [0.15, 0.2) is 48.5 Å². The molecule has 2 bridgehead atoms. The van der Waals surface area contributed by atoms with Crippen molar-refractivity contribution in [3.63, 3.8) is 0 Å². The molecular weight excluding hydrogens is 593 g/mol. The fraction of sp³-hybridized carbons (Fsp3) is 0.323. The van der Waals surface area contributed by atoms with Crippen molar-refractivity contribution in [2.45, 2.75) is 44.1 Å². The van der Waals surface area contributed by atoms with Gasteiger partial charge in [0.05, 0.1) is 46.4 Å². The van der Waals surface area contributed by atoms with Crippen LogP contribution in [0.5, 0.6) is 0 Å². The number of ether oxygens (including phenoxy) is 2. The Kier molecular flexibility index (Phi) is 9.29. The number of hydrogen-bond donors (Lipinski definition) is 3. The first-order chi connectivity index (χ1) is 21.1. The Morgan fingerprint density at radius 2 is 1.95 bits per heavy atom. The molecule has 3 heterocycles. The van der Waals surface area contributed by atoms with Crippen molar-refractivity contribution in [3.8, 4) is 11.3 Å². The van der Waals surface area contributed by atoms with Crippen LogP contribution in [0, 0.1) is 5.82 Å². The van der Waals surface area contributed by atoms with E-state index in [2.05, 4.69) is 20.7 Å². The molecule has 2 aliphatic heterocycles. The number of cyclic esters (lactones) is 1. The van der Waals surface area contributed by atoms with Gasteiger partial charge in [-0.2, -0.15) is 0 Å².